The van der Waals surface area contributed by atoms with Gasteiger partial charge in [-0.3, -0.25) is 14.9 Å². The number of nitrogens with two attached hydrogens (primary N) is 1. The highest BCUT2D eigenvalue weighted by Crippen LogP contribution is 2.11. The van der Waals surface area contributed by atoms with Crippen LogP contribution in [0.5, 0.6) is 0 Å². The molecule has 5 nitrogen and oxygen atoms in total. The molecule has 0 atom stereocenters. The number of nitro benzene ring substituents is 1. The third kappa shape index (κ3) is 3.96. The quantitative estimate of drug-likeness (QED) is 0.522. The Hall–Kier alpha value is -3.57. The van der Waals surface area contributed by atoms with Crippen LogP contribution in [0.3, 0.4) is 0 Å². The molecule has 0 saturated heterocycles. The van der Waals surface area contributed by atoms with Gasteiger partial charge in [-0.2, -0.15) is 0 Å². The lowest BCUT2D eigenvalue weighted by Crippen LogP contribution is -2.10. The van der Waals surface area contributed by atoms with Crippen molar-refractivity contribution >= 4 is 11.6 Å². The molecular formula is C17H10N2O3. The van der Waals surface area contributed by atoms with Gasteiger partial charge >= 0.3 is 0 Å². The van der Waals surface area contributed by atoms with Crippen molar-refractivity contribution < 1.29 is 9.72 Å². The summed E-state index contributed by atoms with van der Waals surface area (Å²) in [5.41, 5.74) is 6.75. The van der Waals surface area contributed by atoms with Gasteiger partial charge in [-0.25, -0.2) is 0 Å². The number of primary amides is 1. The van der Waals surface area contributed by atoms with Crippen molar-refractivity contribution in [3.8, 4) is 23.7 Å². The van der Waals surface area contributed by atoms with Gasteiger partial charge in [0.1, 0.15) is 0 Å². The summed E-state index contributed by atoms with van der Waals surface area (Å²) in [5.74, 6) is 10.3. The molecule has 0 aliphatic carbocycles. The number of amides is 1. The Balaban J connectivity index is 2.13. The fourth-order valence-corrected chi connectivity index (χ4v) is 1.62. The highest BCUT2D eigenvalue weighted by molar-refractivity contribution is 5.92. The van der Waals surface area contributed by atoms with Gasteiger partial charge in [-0.15, -0.1) is 0 Å². The van der Waals surface area contributed by atoms with E-state index in [4.69, 9.17) is 5.73 Å². The van der Waals surface area contributed by atoms with E-state index in [1.165, 1.54) is 12.1 Å². The van der Waals surface area contributed by atoms with Crippen LogP contribution >= 0.6 is 0 Å². The Morgan fingerprint density at radius 3 is 2.23 bits per heavy atom. The Morgan fingerprint density at radius 1 is 1.00 bits per heavy atom. The van der Waals surface area contributed by atoms with Gasteiger partial charge in [-0.1, -0.05) is 17.9 Å². The standard InChI is InChI=1S/C17H10N2O3/c18-17(20)15-10-8-13(9-11-15)4-1-2-5-14-6-3-7-16(12-14)19(21)22/h3,6-12H,(H2,18,20). The van der Waals surface area contributed by atoms with E-state index in [1.807, 2.05) is 0 Å². The van der Waals surface area contributed by atoms with E-state index in [9.17, 15) is 14.9 Å². The summed E-state index contributed by atoms with van der Waals surface area (Å²) >= 11 is 0. The smallest absolute Gasteiger partial charge is 0.270 e. The van der Waals surface area contributed by atoms with Crippen molar-refractivity contribution in [3.05, 3.63) is 75.3 Å². The molecule has 5 heteroatoms. The fraction of sp³-hybridized carbons (Fsp3) is 0. The van der Waals surface area contributed by atoms with E-state index in [-0.39, 0.29) is 5.69 Å². The third-order valence-electron chi connectivity index (χ3n) is 2.70. The van der Waals surface area contributed by atoms with Gasteiger partial charge in [0.15, 0.2) is 0 Å². The van der Waals surface area contributed by atoms with E-state index < -0.39 is 10.8 Å². The maximum Gasteiger partial charge on any atom is 0.270 e. The molecule has 1 amide bonds. The van der Waals surface area contributed by atoms with Crippen LogP contribution in [-0.2, 0) is 0 Å². The normalized spacial score (nSPS) is 8.91. The number of nitrogens with zero attached hydrogens (tertiary/aromatic N) is 1. The zero-order valence-corrected chi connectivity index (χ0v) is 11.4. The maximum absolute atomic E-state index is 10.9. The fourth-order valence-electron chi connectivity index (χ4n) is 1.62. The molecule has 0 fully saturated rings. The molecule has 0 heterocycles. The average molecular weight is 290 g/mol. The molecule has 0 aliphatic heterocycles. The van der Waals surface area contributed by atoms with Crippen molar-refractivity contribution in [3.63, 3.8) is 0 Å². The summed E-state index contributed by atoms with van der Waals surface area (Å²) in [6.45, 7) is 0. The van der Waals surface area contributed by atoms with Crippen LogP contribution in [0.1, 0.15) is 21.5 Å². The van der Waals surface area contributed by atoms with Gasteiger partial charge in [0.25, 0.3) is 5.69 Å². The first-order valence-electron chi connectivity index (χ1n) is 6.22. The lowest BCUT2D eigenvalue weighted by atomic mass is 10.1. The van der Waals surface area contributed by atoms with Gasteiger partial charge < -0.3 is 5.73 Å². The average Bonchev–Trinajstić information content (AvgIpc) is 2.52. The SMILES string of the molecule is NC(=O)c1ccc(C#CC#Cc2cccc([N+](=O)[O-])c2)cc1. The summed E-state index contributed by atoms with van der Waals surface area (Å²) in [4.78, 5) is 21.1. The first-order chi connectivity index (χ1) is 10.6. The van der Waals surface area contributed by atoms with Crippen molar-refractivity contribution in [2.45, 2.75) is 0 Å². The summed E-state index contributed by atoms with van der Waals surface area (Å²) in [6, 6.07) is 12.5. The molecule has 2 rings (SSSR count). The highest BCUT2D eigenvalue weighted by Gasteiger charge is 2.03. The molecule has 0 spiro atoms. The number of carbonyl (C=O) groups excluding carboxylic acids is 1. The Bertz CT molecular complexity index is 847. The first kappa shape index (κ1) is 14.8. The lowest BCUT2D eigenvalue weighted by Gasteiger charge is -1.93. The van der Waals surface area contributed by atoms with Crippen molar-refractivity contribution in [2.24, 2.45) is 5.73 Å². The van der Waals surface area contributed by atoms with Crippen LogP contribution in [0.2, 0.25) is 0 Å². The lowest BCUT2D eigenvalue weighted by molar-refractivity contribution is -0.384. The summed E-state index contributed by atoms with van der Waals surface area (Å²) in [6.07, 6.45) is 0. The number of nitro groups is 1. The summed E-state index contributed by atoms with van der Waals surface area (Å²) in [7, 11) is 0. The van der Waals surface area contributed by atoms with E-state index in [1.54, 1.807) is 36.4 Å². The summed E-state index contributed by atoms with van der Waals surface area (Å²) in [5, 5.41) is 10.6. The number of non-ortho nitro benzene ring substituents is 1. The Morgan fingerprint density at radius 2 is 1.64 bits per heavy atom. The molecular weight excluding hydrogens is 280 g/mol. The molecule has 2 aromatic carbocycles. The minimum Gasteiger partial charge on any atom is -0.366 e. The molecule has 2 N–H and O–H groups in total. The van der Waals surface area contributed by atoms with Crippen LogP contribution in [0.25, 0.3) is 0 Å². The predicted molar refractivity (Wildman–Crippen MR) is 81.8 cm³/mol. The van der Waals surface area contributed by atoms with Crippen LogP contribution in [0, 0.1) is 33.8 Å². The Kier molecular flexibility index (Phi) is 4.54. The van der Waals surface area contributed by atoms with Crippen molar-refractivity contribution in [1.82, 2.24) is 0 Å². The molecule has 0 bridgehead atoms. The van der Waals surface area contributed by atoms with Gasteiger partial charge in [-0.05, 0) is 42.2 Å². The second kappa shape index (κ2) is 6.74. The molecule has 22 heavy (non-hydrogen) atoms. The largest absolute Gasteiger partial charge is 0.366 e. The zero-order valence-electron chi connectivity index (χ0n) is 11.4. The van der Waals surface area contributed by atoms with Gasteiger partial charge in [0, 0.05) is 28.8 Å². The molecule has 0 aliphatic rings. The molecule has 106 valence electrons. The van der Waals surface area contributed by atoms with Gasteiger partial charge in [0.05, 0.1) is 4.92 Å². The molecule has 0 aromatic heterocycles. The molecule has 0 radical (unpaired) electrons. The van der Waals surface area contributed by atoms with Crippen LogP contribution < -0.4 is 5.73 Å². The van der Waals surface area contributed by atoms with Crippen molar-refractivity contribution in [1.29, 1.82) is 0 Å². The predicted octanol–water partition coefficient (Wildman–Crippen LogP) is 2.10. The second-order valence-electron chi connectivity index (χ2n) is 4.25. The monoisotopic (exact) mass is 290 g/mol. The number of benzene rings is 2. The minimum atomic E-state index is -0.495. The first-order valence-corrected chi connectivity index (χ1v) is 6.22. The number of hydrogen-bond acceptors (Lipinski definition) is 3. The summed E-state index contributed by atoms with van der Waals surface area (Å²) < 4.78 is 0. The topological polar surface area (TPSA) is 86.2 Å². The van der Waals surface area contributed by atoms with Gasteiger partial charge in [0.2, 0.25) is 5.91 Å². The van der Waals surface area contributed by atoms with Crippen molar-refractivity contribution in [2.75, 3.05) is 0 Å². The molecule has 0 saturated carbocycles. The number of rotatable bonds is 2. The van der Waals surface area contributed by atoms with E-state index >= 15 is 0 Å². The van der Waals surface area contributed by atoms with Crippen LogP contribution in [0.15, 0.2) is 48.5 Å². The maximum atomic E-state index is 10.9. The highest BCUT2D eigenvalue weighted by atomic mass is 16.6. The zero-order chi connectivity index (χ0) is 15.9. The number of hydrogen-bond donors (Lipinski definition) is 1. The molecule has 0 unspecified atom stereocenters. The van der Waals surface area contributed by atoms with E-state index in [0.717, 1.165) is 0 Å². The second-order valence-corrected chi connectivity index (χ2v) is 4.25. The van der Waals surface area contributed by atoms with E-state index in [2.05, 4.69) is 23.7 Å². The third-order valence-corrected chi connectivity index (χ3v) is 2.70. The van der Waals surface area contributed by atoms with Crippen LogP contribution in [0.4, 0.5) is 5.69 Å². The van der Waals surface area contributed by atoms with Crippen LogP contribution in [-0.4, -0.2) is 10.8 Å². The minimum absolute atomic E-state index is 0.0122. The van der Waals surface area contributed by atoms with E-state index in [0.29, 0.717) is 16.7 Å². The number of carbonyl (C=O) groups is 1. The Labute approximate surface area is 126 Å². The molecule has 2 aromatic rings.